The Balaban J connectivity index is 2.59. The molecule has 13 heavy (non-hydrogen) atoms. The molecule has 2 aromatic rings. The predicted octanol–water partition coefficient (Wildman–Crippen LogP) is 2.09. The van der Waals surface area contributed by atoms with E-state index in [1.165, 1.54) is 5.56 Å². The van der Waals surface area contributed by atoms with Crippen LogP contribution in [0.5, 0.6) is 0 Å². The number of aromatic nitrogens is 3. The number of nitrogens with one attached hydrogen (secondary N) is 1. The zero-order valence-electron chi connectivity index (χ0n) is 7.70. The Kier molecular flexibility index (Phi) is 1.85. The lowest BCUT2D eigenvalue weighted by atomic mass is 10.1. The van der Waals surface area contributed by atoms with Crippen LogP contribution in [0, 0.1) is 13.8 Å². The zero-order chi connectivity index (χ0) is 9.26. The number of aromatic amines is 1. The second-order valence-corrected chi connectivity index (χ2v) is 3.10. The maximum atomic E-state index is 4.04. The van der Waals surface area contributed by atoms with Gasteiger partial charge in [0.25, 0.3) is 0 Å². The summed E-state index contributed by atoms with van der Waals surface area (Å²) in [6.07, 6.45) is 0. The largest absolute Gasteiger partial charge is 0.262 e. The van der Waals surface area contributed by atoms with Crippen molar-refractivity contribution in [1.82, 2.24) is 15.4 Å². The van der Waals surface area contributed by atoms with Gasteiger partial charge in [0.1, 0.15) is 5.69 Å². The number of rotatable bonds is 1. The van der Waals surface area contributed by atoms with E-state index in [2.05, 4.69) is 34.5 Å². The van der Waals surface area contributed by atoms with Gasteiger partial charge in [-0.15, -0.1) is 5.10 Å². The van der Waals surface area contributed by atoms with Crippen LogP contribution in [0.2, 0.25) is 0 Å². The molecule has 0 radical (unpaired) electrons. The van der Waals surface area contributed by atoms with Crippen LogP contribution < -0.4 is 0 Å². The van der Waals surface area contributed by atoms with Crippen molar-refractivity contribution >= 4 is 0 Å². The summed E-state index contributed by atoms with van der Waals surface area (Å²) in [5.74, 6) is 0. The summed E-state index contributed by atoms with van der Waals surface area (Å²) in [5.41, 5.74) is 4.32. The molecule has 0 aliphatic carbocycles. The van der Waals surface area contributed by atoms with E-state index in [0.29, 0.717) is 0 Å². The molecule has 1 N–H and O–H groups in total. The first-order chi connectivity index (χ1) is 6.29. The van der Waals surface area contributed by atoms with Crippen LogP contribution >= 0.6 is 0 Å². The van der Waals surface area contributed by atoms with Crippen molar-refractivity contribution in [2.75, 3.05) is 0 Å². The monoisotopic (exact) mass is 173 g/mol. The highest BCUT2D eigenvalue weighted by atomic mass is 15.3. The summed E-state index contributed by atoms with van der Waals surface area (Å²) in [4.78, 5) is 0. The highest BCUT2D eigenvalue weighted by Gasteiger charge is 2.06. The molecule has 1 heterocycles. The predicted molar refractivity (Wildman–Crippen MR) is 51.3 cm³/mol. The fraction of sp³-hybridized carbons (Fsp3) is 0.200. The average Bonchev–Trinajstić information content (AvgIpc) is 2.52. The van der Waals surface area contributed by atoms with E-state index in [1.807, 2.05) is 19.1 Å². The van der Waals surface area contributed by atoms with E-state index < -0.39 is 0 Å². The molecule has 0 spiro atoms. The molecular weight excluding hydrogens is 162 g/mol. The Morgan fingerprint density at radius 2 is 1.92 bits per heavy atom. The van der Waals surface area contributed by atoms with E-state index in [-0.39, 0.29) is 0 Å². The molecule has 0 fully saturated rings. The maximum Gasteiger partial charge on any atom is 0.115 e. The van der Waals surface area contributed by atoms with E-state index in [1.54, 1.807) is 0 Å². The third-order valence-electron chi connectivity index (χ3n) is 2.12. The Labute approximate surface area is 76.8 Å². The molecule has 0 amide bonds. The van der Waals surface area contributed by atoms with Gasteiger partial charge in [-0.1, -0.05) is 29.5 Å². The summed E-state index contributed by atoms with van der Waals surface area (Å²) in [5, 5.41) is 10.6. The van der Waals surface area contributed by atoms with Crippen molar-refractivity contribution in [3.8, 4) is 11.3 Å². The van der Waals surface area contributed by atoms with Crippen molar-refractivity contribution in [3.05, 3.63) is 35.5 Å². The Morgan fingerprint density at radius 3 is 2.54 bits per heavy atom. The molecule has 2 rings (SSSR count). The highest BCUT2D eigenvalue weighted by molar-refractivity contribution is 5.64. The van der Waals surface area contributed by atoms with Gasteiger partial charge < -0.3 is 0 Å². The normalized spacial score (nSPS) is 10.3. The second-order valence-electron chi connectivity index (χ2n) is 3.10. The summed E-state index contributed by atoms with van der Waals surface area (Å²) in [6.45, 7) is 4.05. The number of benzene rings is 1. The molecule has 66 valence electrons. The van der Waals surface area contributed by atoms with Gasteiger partial charge in [-0.2, -0.15) is 0 Å². The smallest absolute Gasteiger partial charge is 0.115 e. The molecule has 3 heteroatoms. The molecule has 0 saturated heterocycles. The Hall–Kier alpha value is -1.64. The number of hydrogen-bond donors (Lipinski definition) is 1. The number of nitrogens with zero attached hydrogens (tertiary/aromatic N) is 2. The Morgan fingerprint density at radius 1 is 1.15 bits per heavy atom. The van der Waals surface area contributed by atoms with Gasteiger partial charge in [0.05, 0.1) is 5.69 Å². The molecule has 1 aromatic heterocycles. The van der Waals surface area contributed by atoms with Crippen molar-refractivity contribution < 1.29 is 0 Å². The van der Waals surface area contributed by atoms with Crippen molar-refractivity contribution in [2.24, 2.45) is 0 Å². The summed E-state index contributed by atoms with van der Waals surface area (Å²) < 4.78 is 0. The SMILES string of the molecule is Cc1ccccc1-c1nn[nH]c1C. The van der Waals surface area contributed by atoms with Crippen LogP contribution in [-0.2, 0) is 0 Å². The molecule has 1 aromatic carbocycles. The van der Waals surface area contributed by atoms with E-state index >= 15 is 0 Å². The lowest BCUT2D eigenvalue weighted by Crippen LogP contribution is -1.84. The summed E-state index contributed by atoms with van der Waals surface area (Å²) >= 11 is 0. The van der Waals surface area contributed by atoms with Crippen molar-refractivity contribution in [3.63, 3.8) is 0 Å². The van der Waals surface area contributed by atoms with E-state index in [4.69, 9.17) is 0 Å². The lowest BCUT2D eigenvalue weighted by molar-refractivity contribution is 0.929. The molecule has 0 atom stereocenters. The topological polar surface area (TPSA) is 41.6 Å². The van der Waals surface area contributed by atoms with Gasteiger partial charge >= 0.3 is 0 Å². The molecular formula is C10H11N3. The van der Waals surface area contributed by atoms with Crippen LogP contribution in [0.25, 0.3) is 11.3 Å². The minimum absolute atomic E-state index is 0.943. The molecule has 0 aliphatic heterocycles. The number of hydrogen-bond acceptors (Lipinski definition) is 2. The van der Waals surface area contributed by atoms with Gasteiger partial charge in [0.15, 0.2) is 0 Å². The average molecular weight is 173 g/mol. The minimum Gasteiger partial charge on any atom is -0.262 e. The molecule has 3 nitrogen and oxygen atoms in total. The lowest BCUT2D eigenvalue weighted by Gasteiger charge is -2.01. The molecule has 0 aliphatic rings. The maximum absolute atomic E-state index is 4.04. The zero-order valence-corrected chi connectivity index (χ0v) is 7.70. The van der Waals surface area contributed by atoms with Crippen LogP contribution in [0.4, 0.5) is 0 Å². The van der Waals surface area contributed by atoms with Crippen LogP contribution in [0.1, 0.15) is 11.3 Å². The second kappa shape index (κ2) is 3.01. The van der Waals surface area contributed by atoms with Gasteiger partial charge in [-0.05, 0) is 19.4 Å². The fourth-order valence-corrected chi connectivity index (χ4v) is 1.37. The third kappa shape index (κ3) is 1.33. The van der Waals surface area contributed by atoms with Crippen LogP contribution in [0.3, 0.4) is 0 Å². The summed E-state index contributed by atoms with van der Waals surface area (Å²) in [6, 6.07) is 8.16. The summed E-state index contributed by atoms with van der Waals surface area (Å²) in [7, 11) is 0. The highest BCUT2D eigenvalue weighted by Crippen LogP contribution is 2.21. The van der Waals surface area contributed by atoms with Crippen molar-refractivity contribution in [2.45, 2.75) is 13.8 Å². The molecule has 0 bridgehead atoms. The van der Waals surface area contributed by atoms with Gasteiger partial charge in [0, 0.05) is 5.56 Å². The van der Waals surface area contributed by atoms with Crippen molar-refractivity contribution in [1.29, 1.82) is 0 Å². The minimum atomic E-state index is 0.943. The van der Waals surface area contributed by atoms with Crippen LogP contribution in [0.15, 0.2) is 24.3 Å². The standard InChI is InChI=1S/C10H11N3/c1-7-5-3-4-6-9(7)10-8(2)11-13-12-10/h3-6H,1-2H3,(H,11,12,13). The number of aryl methyl sites for hydroxylation is 2. The van der Waals surface area contributed by atoms with E-state index in [9.17, 15) is 0 Å². The quantitative estimate of drug-likeness (QED) is 0.717. The molecule has 0 unspecified atom stereocenters. The van der Waals surface area contributed by atoms with Gasteiger partial charge in [-0.3, -0.25) is 5.10 Å². The first-order valence-electron chi connectivity index (χ1n) is 4.22. The first-order valence-corrected chi connectivity index (χ1v) is 4.22. The van der Waals surface area contributed by atoms with Gasteiger partial charge in [0.2, 0.25) is 0 Å². The Bertz CT molecular complexity index is 418. The van der Waals surface area contributed by atoms with Crippen LogP contribution in [-0.4, -0.2) is 15.4 Å². The van der Waals surface area contributed by atoms with E-state index in [0.717, 1.165) is 17.0 Å². The fourth-order valence-electron chi connectivity index (χ4n) is 1.37. The number of H-pyrrole nitrogens is 1. The molecule has 0 saturated carbocycles. The third-order valence-corrected chi connectivity index (χ3v) is 2.12. The first kappa shape index (κ1) is 7.98. The van der Waals surface area contributed by atoms with Gasteiger partial charge in [-0.25, -0.2) is 0 Å².